The van der Waals surface area contributed by atoms with Gasteiger partial charge in [0.2, 0.25) is 5.91 Å². The number of hydrogen-bond acceptors (Lipinski definition) is 3. The topological polar surface area (TPSA) is 47.6 Å². The van der Waals surface area contributed by atoms with Gasteiger partial charge in [-0.05, 0) is 30.5 Å². The zero-order valence-corrected chi connectivity index (χ0v) is 15.8. The number of carbonyl (C=O) groups excluding carboxylic acids is 1. The largest absolute Gasteiger partial charge is 0.493 e. The molecule has 27 heavy (non-hydrogen) atoms. The van der Waals surface area contributed by atoms with E-state index in [9.17, 15) is 4.79 Å². The fourth-order valence-electron chi connectivity index (χ4n) is 3.37. The van der Waals surface area contributed by atoms with Crippen molar-refractivity contribution in [1.82, 2.24) is 5.32 Å². The molecule has 1 amide bonds. The smallest absolute Gasteiger partial charge is 0.244 e. The molecule has 0 atom stereocenters. The molecule has 0 radical (unpaired) electrons. The van der Waals surface area contributed by atoms with E-state index in [0.29, 0.717) is 24.1 Å². The minimum absolute atomic E-state index is 0.0567. The molecule has 0 heterocycles. The Labute approximate surface area is 161 Å². The van der Waals surface area contributed by atoms with Crippen LogP contribution >= 0.6 is 0 Å². The van der Waals surface area contributed by atoms with Gasteiger partial charge in [-0.15, -0.1) is 0 Å². The molecule has 2 aromatic carbocycles. The van der Waals surface area contributed by atoms with Crippen molar-refractivity contribution in [1.29, 1.82) is 0 Å². The van der Waals surface area contributed by atoms with Gasteiger partial charge in [-0.25, -0.2) is 0 Å². The number of carbonyl (C=O) groups is 1. The molecule has 1 N–H and O–H groups in total. The second-order valence-corrected chi connectivity index (χ2v) is 6.83. The average molecular weight is 365 g/mol. The van der Waals surface area contributed by atoms with Crippen LogP contribution in [0.3, 0.4) is 0 Å². The number of ether oxygens (including phenoxy) is 2. The number of nitrogens with one attached hydrogen (secondary N) is 1. The van der Waals surface area contributed by atoms with E-state index in [-0.39, 0.29) is 5.91 Å². The highest BCUT2D eigenvalue weighted by atomic mass is 16.5. The Balaban J connectivity index is 1.69. The van der Waals surface area contributed by atoms with E-state index < -0.39 is 0 Å². The minimum Gasteiger partial charge on any atom is -0.493 e. The van der Waals surface area contributed by atoms with E-state index in [1.807, 2.05) is 48.5 Å². The summed E-state index contributed by atoms with van der Waals surface area (Å²) in [4.78, 5) is 12.3. The highest BCUT2D eigenvalue weighted by Gasteiger charge is 2.14. The number of benzene rings is 2. The molecule has 0 aromatic heterocycles. The summed E-state index contributed by atoms with van der Waals surface area (Å²) < 4.78 is 11.5. The van der Waals surface area contributed by atoms with Crippen molar-refractivity contribution in [2.24, 2.45) is 0 Å². The van der Waals surface area contributed by atoms with Crippen LogP contribution in [0, 0.1) is 0 Å². The summed E-state index contributed by atoms with van der Waals surface area (Å²) in [5.74, 6) is 1.24. The highest BCUT2D eigenvalue weighted by molar-refractivity contribution is 5.92. The standard InChI is InChI=1S/C23H27NO3/c1-26-21-14-8-11-19(23(21)27-17-18-9-4-2-5-10-18)15-16-22(25)24-20-12-6-3-7-13-20/h2,4-5,8-11,14-16,20H,3,6-7,12-13,17H2,1H3,(H,24,25)/b16-15+. The maximum Gasteiger partial charge on any atom is 0.244 e. The Hall–Kier alpha value is -2.75. The van der Waals surface area contributed by atoms with Crippen LogP contribution in [0.1, 0.15) is 43.2 Å². The molecule has 2 aromatic rings. The van der Waals surface area contributed by atoms with Crippen LogP contribution in [0.25, 0.3) is 6.08 Å². The Morgan fingerprint density at radius 2 is 1.85 bits per heavy atom. The lowest BCUT2D eigenvalue weighted by Gasteiger charge is -2.21. The molecule has 1 aliphatic rings. The Kier molecular flexibility index (Phi) is 6.91. The SMILES string of the molecule is COc1cccc(/C=C/C(=O)NC2CCCCC2)c1OCc1ccccc1. The van der Waals surface area contributed by atoms with E-state index in [1.54, 1.807) is 19.3 Å². The molecule has 1 aliphatic carbocycles. The third kappa shape index (κ3) is 5.61. The van der Waals surface area contributed by atoms with Crippen molar-refractivity contribution >= 4 is 12.0 Å². The van der Waals surface area contributed by atoms with Gasteiger partial charge in [0, 0.05) is 17.7 Å². The summed E-state index contributed by atoms with van der Waals surface area (Å²) in [5, 5.41) is 3.10. The third-order valence-corrected chi connectivity index (χ3v) is 4.82. The summed E-state index contributed by atoms with van der Waals surface area (Å²) in [6.07, 6.45) is 9.19. The van der Waals surface area contributed by atoms with E-state index in [0.717, 1.165) is 24.0 Å². The van der Waals surface area contributed by atoms with Gasteiger partial charge in [-0.2, -0.15) is 0 Å². The number of hydrogen-bond donors (Lipinski definition) is 1. The molecular weight excluding hydrogens is 338 g/mol. The van der Waals surface area contributed by atoms with Crippen LogP contribution < -0.4 is 14.8 Å². The fraction of sp³-hybridized carbons (Fsp3) is 0.348. The number of methoxy groups -OCH3 is 1. The summed E-state index contributed by atoms with van der Waals surface area (Å²) in [5.41, 5.74) is 1.90. The monoisotopic (exact) mass is 365 g/mol. The van der Waals surface area contributed by atoms with Gasteiger partial charge in [0.05, 0.1) is 7.11 Å². The van der Waals surface area contributed by atoms with Crippen LogP contribution in [0.4, 0.5) is 0 Å². The zero-order chi connectivity index (χ0) is 18.9. The van der Waals surface area contributed by atoms with Gasteiger partial charge < -0.3 is 14.8 Å². The van der Waals surface area contributed by atoms with Crippen molar-refractivity contribution < 1.29 is 14.3 Å². The molecule has 1 fully saturated rings. The molecule has 1 saturated carbocycles. The predicted molar refractivity (Wildman–Crippen MR) is 108 cm³/mol. The first kappa shape index (κ1) is 19.0. The maximum atomic E-state index is 12.3. The molecule has 142 valence electrons. The van der Waals surface area contributed by atoms with Crippen molar-refractivity contribution in [2.45, 2.75) is 44.8 Å². The van der Waals surface area contributed by atoms with E-state index in [2.05, 4.69) is 5.32 Å². The quantitative estimate of drug-likeness (QED) is 0.721. The zero-order valence-electron chi connectivity index (χ0n) is 15.8. The number of amides is 1. The van der Waals surface area contributed by atoms with E-state index >= 15 is 0 Å². The van der Waals surface area contributed by atoms with Gasteiger partial charge in [0.25, 0.3) is 0 Å². The third-order valence-electron chi connectivity index (χ3n) is 4.82. The molecule has 4 nitrogen and oxygen atoms in total. The van der Waals surface area contributed by atoms with Gasteiger partial charge in [0.15, 0.2) is 11.5 Å². The second-order valence-electron chi connectivity index (χ2n) is 6.83. The summed E-state index contributed by atoms with van der Waals surface area (Å²) in [6, 6.07) is 16.0. The lowest BCUT2D eigenvalue weighted by Crippen LogP contribution is -2.34. The second kappa shape index (κ2) is 9.81. The normalized spacial score (nSPS) is 14.9. The number of para-hydroxylation sites is 1. The van der Waals surface area contributed by atoms with Crippen molar-refractivity contribution in [3.8, 4) is 11.5 Å². The summed E-state index contributed by atoms with van der Waals surface area (Å²) >= 11 is 0. The maximum absolute atomic E-state index is 12.3. The molecule has 0 spiro atoms. The van der Waals surface area contributed by atoms with Crippen molar-refractivity contribution in [2.75, 3.05) is 7.11 Å². The minimum atomic E-state index is -0.0567. The Morgan fingerprint density at radius 1 is 1.07 bits per heavy atom. The Bertz CT molecular complexity index is 764. The van der Waals surface area contributed by atoms with E-state index in [1.165, 1.54) is 19.3 Å². The molecule has 0 unspecified atom stereocenters. The van der Waals surface area contributed by atoms with Crippen LogP contribution in [-0.4, -0.2) is 19.1 Å². The van der Waals surface area contributed by atoms with Crippen molar-refractivity contribution in [3.05, 3.63) is 65.7 Å². The lowest BCUT2D eigenvalue weighted by molar-refractivity contribution is -0.117. The average Bonchev–Trinajstić information content (AvgIpc) is 2.72. The van der Waals surface area contributed by atoms with Crippen LogP contribution in [0.15, 0.2) is 54.6 Å². The molecular formula is C23H27NO3. The molecule has 0 bridgehead atoms. The summed E-state index contributed by atoms with van der Waals surface area (Å²) in [7, 11) is 1.62. The first-order valence-corrected chi connectivity index (χ1v) is 9.58. The van der Waals surface area contributed by atoms with Crippen LogP contribution in [0.5, 0.6) is 11.5 Å². The first-order chi connectivity index (χ1) is 13.3. The van der Waals surface area contributed by atoms with Gasteiger partial charge in [-0.1, -0.05) is 61.7 Å². The van der Waals surface area contributed by atoms with Gasteiger partial charge in [-0.3, -0.25) is 4.79 Å². The van der Waals surface area contributed by atoms with Crippen molar-refractivity contribution in [3.63, 3.8) is 0 Å². The predicted octanol–water partition coefficient (Wildman–Crippen LogP) is 4.74. The van der Waals surface area contributed by atoms with Gasteiger partial charge >= 0.3 is 0 Å². The van der Waals surface area contributed by atoms with Crippen LogP contribution in [-0.2, 0) is 11.4 Å². The van der Waals surface area contributed by atoms with E-state index in [4.69, 9.17) is 9.47 Å². The molecule has 0 aliphatic heterocycles. The van der Waals surface area contributed by atoms with Crippen LogP contribution in [0.2, 0.25) is 0 Å². The molecule has 3 rings (SSSR count). The lowest BCUT2D eigenvalue weighted by atomic mass is 9.95. The molecule has 4 heteroatoms. The Morgan fingerprint density at radius 3 is 2.59 bits per heavy atom. The number of rotatable bonds is 7. The molecule has 0 saturated heterocycles. The highest BCUT2D eigenvalue weighted by Crippen LogP contribution is 2.32. The first-order valence-electron chi connectivity index (χ1n) is 9.58. The van der Waals surface area contributed by atoms with Gasteiger partial charge in [0.1, 0.15) is 6.61 Å². The fourth-order valence-corrected chi connectivity index (χ4v) is 3.37. The summed E-state index contributed by atoms with van der Waals surface area (Å²) in [6.45, 7) is 0.441.